The van der Waals surface area contributed by atoms with Gasteiger partial charge in [0.25, 0.3) is 6.71 Å². The molecule has 1 aliphatic rings. The van der Waals surface area contributed by atoms with E-state index in [9.17, 15) is 4.79 Å². The number of carbonyl (C=O) groups excluding carboxylic acids is 1. The van der Waals surface area contributed by atoms with Gasteiger partial charge in [0, 0.05) is 12.4 Å². The third kappa shape index (κ3) is 0.842. The molecule has 0 saturated carbocycles. The van der Waals surface area contributed by atoms with E-state index >= 15 is 0 Å². The lowest BCUT2D eigenvalue weighted by Crippen LogP contribution is -2.32. The van der Waals surface area contributed by atoms with Crippen molar-refractivity contribution in [3.05, 3.63) is 18.0 Å². The molecule has 0 aliphatic carbocycles. The maximum absolute atomic E-state index is 11.6. The van der Waals surface area contributed by atoms with E-state index in [0.29, 0.717) is 5.56 Å². The Balaban J connectivity index is 2.60. The van der Waals surface area contributed by atoms with Gasteiger partial charge < -0.3 is 9.78 Å². The zero-order valence-electron chi connectivity index (χ0n) is 7.09. The Morgan fingerprint density at radius 1 is 1.50 bits per heavy atom. The molecule has 0 bridgehead atoms. The molecule has 1 aromatic heterocycles. The number of carbonyl (C=O) groups is 1. The van der Waals surface area contributed by atoms with E-state index in [1.165, 1.54) is 0 Å². The van der Waals surface area contributed by atoms with Crippen LogP contribution in [-0.4, -0.2) is 23.0 Å². The van der Waals surface area contributed by atoms with Crippen LogP contribution in [0.15, 0.2) is 17.4 Å². The first-order valence-corrected chi connectivity index (χ1v) is 3.96. The molecule has 1 aliphatic heterocycles. The smallest absolute Gasteiger partial charge is 0.277 e. The molecule has 0 spiro atoms. The molecule has 0 fully saturated rings. The molecule has 3 nitrogen and oxygen atoms in total. The fourth-order valence-electron chi connectivity index (χ4n) is 1.36. The number of aromatic amines is 1. The lowest BCUT2D eigenvalue weighted by Gasteiger charge is -2.11. The minimum atomic E-state index is -0.0618. The quantitative estimate of drug-likeness (QED) is 0.574. The van der Waals surface area contributed by atoms with Crippen molar-refractivity contribution in [2.75, 3.05) is 0 Å². The first-order valence-electron chi connectivity index (χ1n) is 3.96. The molecule has 1 aromatic rings. The molecule has 4 heteroatoms. The van der Waals surface area contributed by atoms with E-state index in [1.807, 2.05) is 13.7 Å². The first-order chi connectivity index (χ1) is 5.70. The normalized spacial score (nSPS) is 16.0. The predicted octanol–water partition coefficient (Wildman–Crippen LogP) is 1.51. The number of fused-ring (bicyclic) bond motifs is 1. The highest BCUT2D eigenvalue weighted by Gasteiger charge is 2.28. The number of hydrogen-bond acceptors (Lipinski definition) is 2. The van der Waals surface area contributed by atoms with Crippen molar-refractivity contribution in [2.45, 2.75) is 13.7 Å². The number of aliphatic imine (C=N–C) groups is 1. The van der Waals surface area contributed by atoms with Crippen LogP contribution in [0.2, 0.25) is 6.82 Å². The van der Waals surface area contributed by atoms with Gasteiger partial charge >= 0.3 is 0 Å². The van der Waals surface area contributed by atoms with Crippen LogP contribution in [0.5, 0.6) is 0 Å². The molecular formula is C8H9BN2O. The lowest BCUT2D eigenvalue weighted by atomic mass is 9.43. The highest BCUT2D eigenvalue weighted by Crippen LogP contribution is 2.24. The molecule has 0 aromatic carbocycles. The van der Waals surface area contributed by atoms with Crippen molar-refractivity contribution in [1.29, 1.82) is 0 Å². The number of aromatic nitrogens is 1. The van der Waals surface area contributed by atoms with Crippen LogP contribution < -0.4 is 0 Å². The molecule has 0 unspecified atom stereocenters. The van der Waals surface area contributed by atoms with Gasteiger partial charge in [0.1, 0.15) is 5.68 Å². The van der Waals surface area contributed by atoms with Crippen molar-refractivity contribution in [3.8, 4) is 0 Å². The number of nitrogens with zero attached hydrogens (tertiary/aromatic N) is 1. The SMILES string of the molecule is CB1C(=O)c2c[nH]cc2N=C1C. The molecule has 1 N–H and O–H groups in total. The monoisotopic (exact) mass is 160 g/mol. The zero-order valence-corrected chi connectivity index (χ0v) is 7.09. The molecular weight excluding hydrogens is 151 g/mol. The standard InChI is InChI=1S/C8H9BN2O/c1-5-9(2)8(12)6-3-10-4-7(6)11-5/h3-4,10H,1-2H3. The summed E-state index contributed by atoms with van der Waals surface area (Å²) in [5.74, 6) is 0. The van der Waals surface area contributed by atoms with E-state index in [4.69, 9.17) is 0 Å². The molecule has 2 heterocycles. The number of nitrogens with one attached hydrogen (secondary N) is 1. The topological polar surface area (TPSA) is 45.2 Å². The Kier molecular flexibility index (Phi) is 1.43. The van der Waals surface area contributed by atoms with Gasteiger partial charge in [-0.05, 0) is 12.5 Å². The van der Waals surface area contributed by atoms with Gasteiger partial charge in [-0.2, -0.15) is 0 Å². The van der Waals surface area contributed by atoms with Crippen molar-refractivity contribution < 1.29 is 4.79 Å². The van der Waals surface area contributed by atoms with Gasteiger partial charge in [-0.1, -0.05) is 6.82 Å². The average molecular weight is 160 g/mol. The van der Waals surface area contributed by atoms with Crippen LogP contribution >= 0.6 is 0 Å². The second kappa shape index (κ2) is 2.34. The van der Waals surface area contributed by atoms with Crippen LogP contribution in [0, 0.1) is 0 Å². The molecule has 0 radical (unpaired) electrons. The summed E-state index contributed by atoms with van der Waals surface area (Å²) in [6.45, 7) is 3.71. The molecule has 12 heavy (non-hydrogen) atoms. The van der Waals surface area contributed by atoms with Crippen LogP contribution in [-0.2, 0) is 0 Å². The molecule has 0 saturated heterocycles. The number of rotatable bonds is 0. The van der Waals surface area contributed by atoms with Gasteiger partial charge in [-0.15, -0.1) is 0 Å². The van der Waals surface area contributed by atoms with Crippen molar-refractivity contribution in [3.63, 3.8) is 0 Å². The minimum Gasteiger partial charge on any atom is -0.365 e. The third-order valence-corrected chi connectivity index (χ3v) is 2.31. The Bertz CT molecular complexity index is 367. The third-order valence-electron chi connectivity index (χ3n) is 2.31. The van der Waals surface area contributed by atoms with Gasteiger partial charge in [-0.3, -0.25) is 4.99 Å². The summed E-state index contributed by atoms with van der Waals surface area (Å²) in [7, 11) is 0. The summed E-state index contributed by atoms with van der Waals surface area (Å²) < 4.78 is 0. The fourth-order valence-corrected chi connectivity index (χ4v) is 1.36. The highest BCUT2D eigenvalue weighted by atomic mass is 16.1. The average Bonchev–Trinajstić information content (AvgIpc) is 2.48. The summed E-state index contributed by atoms with van der Waals surface area (Å²) in [4.78, 5) is 18.8. The number of hydrogen-bond donors (Lipinski definition) is 1. The van der Waals surface area contributed by atoms with E-state index < -0.39 is 0 Å². The maximum atomic E-state index is 11.6. The van der Waals surface area contributed by atoms with E-state index in [-0.39, 0.29) is 12.4 Å². The van der Waals surface area contributed by atoms with Crippen molar-refractivity contribution in [2.24, 2.45) is 4.99 Å². The molecule has 0 amide bonds. The molecule has 60 valence electrons. The molecule has 2 rings (SSSR count). The van der Waals surface area contributed by atoms with E-state index in [1.54, 1.807) is 12.4 Å². The second-order valence-electron chi connectivity index (χ2n) is 3.09. The zero-order chi connectivity index (χ0) is 8.72. The van der Waals surface area contributed by atoms with Crippen LogP contribution in [0.4, 0.5) is 5.69 Å². The summed E-state index contributed by atoms with van der Waals surface area (Å²) >= 11 is 0. The fraction of sp³-hybridized carbons (Fsp3) is 0.250. The minimum absolute atomic E-state index is 0.0618. The van der Waals surface area contributed by atoms with E-state index in [0.717, 1.165) is 11.3 Å². The number of H-pyrrole nitrogens is 1. The Hall–Kier alpha value is -1.32. The molecule has 0 atom stereocenters. The van der Waals surface area contributed by atoms with Crippen LogP contribution in [0.3, 0.4) is 0 Å². The van der Waals surface area contributed by atoms with Crippen LogP contribution in [0.25, 0.3) is 0 Å². The van der Waals surface area contributed by atoms with Crippen molar-refractivity contribution >= 4 is 23.7 Å². The summed E-state index contributed by atoms with van der Waals surface area (Å²) in [5.41, 5.74) is 2.55. The summed E-state index contributed by atoms with van der Waals surface area (Å²) in [5, 5.41) is 0. The predicted molar refractivity (Wildman–Crippen MR) is 49.5 cm³/mol. The van der Waals surface area contributed by atoms with Crippen LogP contribution in [0.1, 0.15) is 17.3 Å². The Morgan fingerprint density at radius 2 is 2.25 bits per heavy atom. The summed E-state index contributed by atoms with van der Waals surface area (Å²) in [6, 6.07) is 0. The Labute approximate surface area is 71.0 Å². The highest BCUT2D eigenvalue weighted by molar-refractivity contribution is 7.13. The largest absolute Gasteiger partial charge is 0.365 e. The lowest BCUT2D eigenvalue weighted by molar-refractivity contribution is 0.107. The van der Waals surface area contributed by atoms with Gasteiger partial charge in [-0.25, -0.2) is 0 Å². The first kappa shape index (κ1) is 7.34. The second-order valence-corrected chi connectivity index (χ2v) is 3.09. The van der Waals surface area contributed by atoms with Gasteiger partial charge in [0.15, 0.2) is 0 Å². The maximum Gasteiger partial charge on any atom is 0.277 e. The summed E-state index contributed by atoms with van der Waals surface area (Å²) in [6.07, 6.45) is 3.46. The Morgan fingerprint density at radius 3 is 3.00 bits per heavy atom. The van der Waals surface area contributed by atoms with Crippen molar-refractivity contribution in [1.82, 2.24) is 4.98 Å². The van der Waals surface area contributed by atoms with Gasteiger partial charge in [0.05, 0.1) is 11.3 Å². The van der Waals surface area contributed by atoms with Gasteiger partial charge in [0.2, 0.25) is 0 Å². The van der Waals surface area contributed by atoms with E-state index in [2.05, 4.69) is 9.98 Å².